The third kappa shape index (κ3) is 6.15. The van der Waals surface area contributed by atoms with Crippen LogP contribution >= 0.6 is 22.9 Å². The highest BCUT2D eigenvalue weighted by Gasteiger charge is 2.27. The summed E-state index contributed by atoms with van der Waals surface area (Å²) < 4.78 is 4.92. The van der Waals surface area contributed by atoms with Crippen molar-refractivity contribution in [3.05, 3.63) is 39.6 Å². The molecule has 2 aromatic rings. The van der Waals surface area contributed by atoms with E-state index in [0.29, 0.717) is 28.8 Å². The van der Waals surface area contributed by atoms with Gasteiger partial charge in [0.2, 0.25) is 0 Å². The Morgan fingerprint density at radius 3 is 2.77 bits per heavy atom. The Morgan fingerprint density at radius 2 is 2.07 bits per heavy atom. The number of esters is 1. The standard InChI is InChI=1S/C21H27ClN4O3S/c1-26(16-9-15(22)10-23-11-16)13-19-24-12-18(30-19)20(27)25-17(21(28)29-2)8-14-6-4-3-5-7-14/h9-12,14,17H,3-8,13H2,1-2H3,(H,25,27)/t17-/m0/s1. The van der Waals surface area contributed by atoms with E-state index in [1.807, 2.05) is 18.0 Å². The average molecular weight is 451 g/mol. The zero-order valence-corrected chi connectivity index (χ0v) is 18.8. The van der Waals surface area contributed by atoms with Gasteiger partial charge in [-0.2, -0.15) is 0 Å². The second-order valence-electron chi connectivity index (χ2n) is 7.62. The van der Waals surface area contributed by atoms with Crippen LogP contribution in [-0.4, -0.2) is 42.0 Å². The Bertz CT molecular complexity index is 869. The summed E-state index contributed by atoms with van der Waals surface area (Å²) in [4.78, 5) is 35.8. The molecule has 0 aromatic carbocycles. The van der Waals surface area contributed by atoms with Crippen LogP contribution in [0, 0.1) is 5.92 Å². The van der Waals surface area contributed by atoms with Crippen LogP contribution in [0.5, 0.6) is 0 Å². The molecule has 3 rings (SSSR count). The van der Waals surface area contributed by atoms with Crippen molar-refractivity contribution in [2.75, 3.05) is 19.1 Å². The number of nitrogens with zero attached hydrogens (tertiary/aromatic N) is 3. The first-order valence-corrected chi connectivity index (χ1v) is 11.3. The molecule has 1 amide bonds. The molecule has 1 aliphatic carbocycles. The summed E-state index contributed by atoms with van der Waals surface area (Å²) in [7, 11) is 3.26. The highest BCUT2D eigenvalue weighted by atomic mass is 35.5. The van der Waals surface area contributed by atoms with Gasteiger partial charge in [-0.05, 0) is 18.4 Å². The highest BCUT2D eigenvalue weighted by molar-refractivity contribution is 7.13. The van der Waals surface area contributed by atoms with E-state index < -0.39 is 12.0 Å². The molecule has 2 heterocycles. The van der Waals surface area contributed by atoms with Gasteiger partial charge in [0.05, 0.1) is 36.8 Å². The van der Waals surface area contributed by atoms with Crippen molar-refractivity contribution in [1.82, 2.24) is 15.3 Å². The van der Waals surface area contributed by atoms with E-state index in [-0.39, 0.29) is 5.91 Å². The molecule has 0 saturated heterocycles. The van der Waals surface area contributed by atoms with Gasteiger partial charge in [0.25, 0.3) is 5.91 Å². The lowest BCUT2D eigenvalue weighted by atomic mass is 9.85. The van der Waals surface area contributed by atoms with Crippen LogP contribution in [0.25, 0.3) is 0 Å². The number of thiazole rings is 1. The van der Waals surface area contributed by atoms with Crippen molar-refractivity contribution >= 4 is 40.5 Å². The fraction of sp³-hybridized carbons (Fsp3) is 0.524. The summed E-state index contributed by atoms with van der Waals surface area (Å²) in [6.45, 7) is 0.516. The Kier molecular flexibility index (Phi) is 8.04. The molecule has 0 radical (unpaired) electrons. The quantitative estimate of drug-likeness (QED) is 0.610. The van der Waals surface area contributed by atoms with E-state index in [1.165, 1.54) is 37.7 Å². The van der Waals surface area contributed by atoms with Crippen LogP contribution in [0.2, 0.25) is 5.02 Å². The predicted molar refractivity (Wildman–Crippen MR) is 118 cm³/mol. The Labute approximate surface area is 185 Å². The van der Waals surface area contributed by atoms with Gasteiger partial charge >= 0.3 is 5.97 Å². The van der Waals surface area contributed by atoms with Gasteiger partial charge in [-0.3, -0.25) is 9.78 Å². The summed E-state index contributed by atoms with van der Waals surface area (Å²) in [5.41, 5.74) is 0.863. The molecule has 1 atom stereocenters. The number of pyridine rings is 1. The van der Waals surface area contributed by atoms with Crippen LogP contribution in [0.3, 0.4) is 0 Å². The van der Waals surface area contributed by atoms with Crippen molar-refractivity contribution in [3.63, 3.8) is 0 Å². The van der Waals surface area contributed by atoms with E-state index in [4.69, 9.17) is 16.3 Å². The van der Waals surface area contributed by atoms with Crippen LogP contribution in [0.1, 0.15) is 53.2 Å². The average Bonchev–Trinajstić information content (AvgIpc) is 3.22. The molecule has 0 bridgehead atoms. The largest absolute Gasteiger partial charge is 0.467 e. The molecule has 7 nitrogen and oxygen atoms in total. The number of amides is 1. The number of anilines is 1. The summed E-state index contributed by atoms with van der Waals surface area (Å²) in [5.74, 6) is -0.246. The third-order valence-corrected chi connectivity index (χ3v) is 6.55. The second-order valence-corrected chi connectivity index (χ2v) is 9.18. The normalized spacial score (nSPS) is 15.4. The lowest BCUT2D eigenvalue weighted by Gasteiger charge is -2.25. The number of nitrogens with one attached hydrogen (secondary N) is 1. The number of halogens is 1. The van der Waals surface area contributed by atoms with Gasteiger partial charge < -0.3 is 15.0 Å². The summed E-state index contributed by atoms with van der Waals surface area (Å²) >= 11 is 7.31. The molecule has 0 aliphatic heterocycles. The highest BCUT2D eigenvalue weighted by Crippen LogP contribution is 2.28. The molecular formula is C21H27ClN4O3S. The maximum Gasteiger partial charge on any atom is 0.328 e. The van der Waals surface area contributed by atoms with Crippen molar-refractivity contribution in [2.45, 2.75) is 51.1 Å². The van der Waals surface area contributed by atoms with Gasteiger partial charge in [0.1, 0.15) is 15.9 Å². The Hall–Kier alpha value is -2.19. The molecule has 0 unspecified atom stereocenters. The molecule has 30 heavy (non-hydrogen) atoms. The maximum absolute atomic E-state index is 12.7. The number of rotatable bonds is 8. The number of hydrogen-bond donors (Lipinski definition) is 1. The molecule has 162 valence electrons. The topological polar surface area (TPSA) is 84.4 Å². The zero-order valence-electron chi connectivity index (χ0n) is 17.3. The fourth-order valence-electron chi connectivity index (χ4n) is 3.73. The number of aromatic nitrogens is 2. The molecule has 0 spiro atoms. The minimum absolute atomic E-state index is 0.294. The van der Waals surface area contributed by atoms with Crippen molar-refractivity contribution in [3.8, 4) is 0 Å². The summed E-state index contributed by atoms with van der Waals surface area (Å²) in [6.07, 6.45) is 11.3. The number of ether oxygens (including phenoxy) is 1. The van der Waals surface area contributed by atoms with Gasteiger partial charge in [-0.15, -0.1) is 11.3 Å². The van der Waals surface area contributed by atoms with Crippen LogP contribution < -0.4 is 10.2 Å². The Morgan fingerprint density at radius 1 is 1.30 bits per heavy atom. The fourth-order valence-corrected chi connectivity index (χ4v) is 4.78. The van der Waals surface area contributed by atoms with Gasteiger partial charge in [0, 0.05) is 13.2 Å². The molecule has 1 aliphatic rings. The number of hydrogen-bond acceptors (Lipinski definition) is 7. The third-order valence-electron chi connectivity index (χ3n) is 5.37. The van der Waals surface area contributed by atoms with Gasteiger partial charge in [-0.25, -0.2) is 9.78 Å². The number of methoxy groups -OCH3 is 1. The van der Waals surface area contributed by atoms with Crippen LogP contribution in [-0.2, 0) is 16.1 Å². The Balaban J connectivity index is 1.61. The first-order chi connectivity index (χ1) is 14.5. The van der Waals surface area contributed by atoms with Crippen molar-refractivity contribution in [1.29, 1.82) is 0 Å². The molecule has 1 N–H and O–H groups in total. The minimum atomic E-state index is -0.628. The van der Waals surface area contributed by atoms with Crippen molar-refractivity contribution in [2.24, 2.45) is 5.92 Å². The molecule has 2 aromatic heterocycles. The number of carbonyl (C=O) groups excluding carboxylic acids is 2. The van der Waals surface area contributed by atoms with Crippen LogP contribution in [0.15, 0.2) is 24.7 Å². The smallest absolute Gasteiger partial charge is 0.328 e. The van der Waals surface area contributed by atoms with Gasteiger partial charge in [0.15, 0.2) is 0 Å². The monoisotopic (exact) mass is 450 g/mol. The molecule has 1 saturated carbocycles. The van der Waals surface area contributed by atoms with E-state index in [9.17, 15) is 9.59 Å². The van der Waals surface area contributed by atoms with E-state index >= 15 is 0 Å². The van der Waals surface area contributed by atoms with Crippen LogP contribution in [0.4, 0.5) is 5.69 Å². The first-order valence-electron chi connectivity index (χ1n) is 10.1. The first kappa shape index (κ1) is 22.5. The van der Waals surface area contributed by atoms with E-state index in [2.05, 4.69) is 15.3 Å². The van der Waals surface area contributed by atoms with Crippen molar-refractivity contribution < 1.29 is 14.3 Å². The summed E-state index contributed by atoms with van der Waals surface area (Å²) in [6, 6.07) is 1.19. The second kappa shape index (κ2) is 10.7. The minimum Gasteiger partial charge on any atom is -0.467 e. The van der Waals surface area contributed by atoms with E-state index in [1.54, 1.807) is 18.6 Å². The van der Waals surface area contributed by atoms with Gasteiger partial charge in [-0.1, -0.05) is 43.7 Å². The lowest BCUT2D eigenvalue weighted by molar-refractivity contribution is -0.143. The molecule has 1 fully saturated rings. The molecule has 9 heteroatoms. The zero-order chi connectivity index (χ0) is 21.5. The molecular weight excluding hydrogens is 424 g/mol. The predicted octanol–water partition coefficient (Wildman–Crippen LogP) is 4.07. The lowest BCUT2D eigenvalue weighted by Crippen LogP contribution is -2.42. The summed E-state index contributed by atoms with van der Waals surface area (Å²) in [5, 5.41) is 4.20. The number of carbonyl (C=O) groups is 2. The maximum atomic E-state index is 12.7. The van der Waals surface area contributed by atoms with E-state index in [0.717, 1.165) is 23.5 Å². The SMILES string of the molecule is COC(=O)[C@H](CC1CCCCC1)NC(=O)c1cnc(CN(C)c2cncc(Cl)c2)s1.